The van der Waals surface area contributed by atoms with Gasteiger partial charge in [-0.15, -0.1) is 5.73 Å². The van der Waals surface area contributed by atoms with Crippen molar-refractivity contribution in [3.8, 4) is 0 Å². The molecule has 0 N–H and O–H groups in total. The normalized spacial score (nSPS) is 21.6. The van der Waals surface area contributed by atoms with Crippen LogP contribution in [-0.4, -0.2) is 11.5 Å². The first-order chi connectivity index (χ1) is 11.6. The van der Waals surface area contributed by atoms with Crippen LogP contribution in [0.15, 0.2) is 63.9 Å². The van der Waals surface area contributed by atoms with Gasteiger partial charge in [-0.3, -0.25) is 0 Å². The van der Waals surface area contributed by atoms with Crippen LogP contribution in [0.2, 0.25) is 0 Å². The van der Waals surface area contributed by atoms with Crippen molar-refractivity contribution in [2.75, 3.05) is 0 Å². The quantitative estimate of drug-likeness (QED) is 0.649. The van der Waals surface area contributed by atoms with E-state index in [1.807, 2.05) is 18.2 Å². The van der Waals surface area contributed by atoms with Gasteiger partial charge >= 0.3 is 0 Å². The predicted octanol–water partition coefficient (Wildman–Crippen LogP) is 5.76. The summed E-state index contributed by atoms with van der Waals surface area (Å²) >= 11 is 0. The molecule has 0 aromatic heterocycles. The summed E-state index contributed by atoms with van der Waals surface area (Å²) < 4.78 is 6.13. The summed E-state index contributed by atoms with van der Waals surface area (Å²) in [5.74, 6) is 0.769. The lowest BCUT2D eigenvalue weighted by Gasteiger charge is -2.20. The third-order valence-corrected chi connectivity index (χ3v) is 4.85. The van der Waals surface area contributed by atoms with Crippen LogP contribution in [0, 0.1) is 0 Å². The Morgan fingerprint density at radius 3 is 2.54 bits per heavy atom. The maximum absolute atomic E-state index is 6.13. The maximum atomic E-state index is 6.13. The molecule has 24 heavy (non-hydrogen) atoms. The monoisotopic (exact) mass is 321 g/mol. The molecule has 0 amide bonds. The number of nitrogens with zero attached hydrogens (tertiary/aromatic N) is 1. The molecule has 0 spiro atoms. The van der Waals surface area contributed by atoms with Gasteiger partial charge in [0.1, 0.15) is 5.60 Å². The lowest BCUT2D eigenvalue weighted by molar-refractivity contribution is 0.153. The molecule has 1 heterocycles. The van der Waals surface area contributed by atoms with E-state index in [9.17, 15) is 0 Å². The van der Waals surface area contributed by atoms with Crippen molar-refractivity contribution in [3.05, 3.63) is 64.4 Å². The van der Waals surface area contributed by atoms with Crippen molar-refractivity contribution in [1.29, 1.82) is 0 Å². The van der Waals surface area contributed by atoms with Gasteiger partial charge in [-0.05, 0) is 63.7 Å². The third kappa shape index (κ3) is 3.88. The molecule has 0 unspecified atom stereocenters. The van der Waals surface area contributed by atoms with Gasteiger partial charge in [0.25, 0.3) is 0 Å². The second-order valence-corrected chi connectivity index (χ2v) is 7.21. The summed E-state index contributed by atoms with van der Waals surface area (Å²) in [6.45, 7) is 6.99. The molecule has 0 atom stereocenters. The van der Waals surface area contributed by atoms with Crippen LogP contribution in [0.25, 0.3) is 0 Å². The average molecular weight is 321 g/mol. The zero-order chi connectivity index (χ0) is 17.0. The van der Waals surface area contributed by atoms with E-state index >= 15 is 0 Å². The molecule has 126 valence electrons. The fourth-order valence-electron chi connectivity index (χ4n) is 3.42. The van der Waals surface area contributed by atoms with Crippen LogP contribution in [0.5, 0.6) is 0 Å². The minimum atomic E-state index is -0.332. The van der Waals surface area contributed by atoms with Gasteiger partial charge in [0, 0.05) is 11.1 Å². The van der Waals surface area contributed by atoms with Crippen LogP contribution in [0.3, 0.4) is 0 Å². The number of hydrogen-bond donors (Lipinski definition) is 0. The zero-order valence-corrected chi connectivity index (χ0v) is 15.1. The highest BCUT2D eigenvalue weighted by Gasteiger charge is 2.35. The molecule has 0 radical (unpaired) electrons. The summed E-state index contributed by atoms with van der Waals surface area (Å²) in [5.41, 5.74) is 8.20. The first-order valence-corrected chi connectivity index (χ1v) is 9.00. The summed E-state index contributed by atoms with van der Waals surface area (Å²) in [5, 5.41) is 0. The fraction of sp³-hybridized carbons (Fsp3) is 0.455. The number of aliphatic imine (C=N–C) groups is 1. The van der Waals surface area contributed by atoms with Crippen molar-refractivity contribution >= 4 is 5.90 Å². The smallest absolute Gasteiger partial charge is 0.213 e. The van der Waals surface area contributed by atoms with E-state index in [1.165, 1.54) is 48.8 Å². The second-order valence-electron chi connectivity index (χ2n) is 7.21. The van der Waals surface area contributed by atoms with Crippen LogP contribution in [-0.2, 0) is 11.3 Å². The summed E-state index contributed by atoms with van der Waals surface area (Å²) in [4.78, 5) is 4.70. The minimum absolute atomic E-state index is 0.332. The molecule has 2 heteroatoms. The lowest BCUT2D eigenvalue weighted by Crippen LogP contribution is -2.22. The molecule has 1 aliphatic heterocycles. The molecule has 1 aromatic rings. The molecular weight excluding hydrogens is 294 g/mol. The highest BCUT2D eigenvalue weighted by molar-refractivity contribution is 5.97. The highest BCUT2D eigenvalue weighted by Crippen LogP contribution is 2.34. The van der Waals surface area contributed by atoms with E-state index in [4.69, 9.17) is 9.73 Å². The topological polar surface area (TPSA) is 21.6 Å². The van der Waals surface area contributed by atoms with Gasteiger partial charge in [-0.1, -0.05) is 36.8 Å². The maximum Gasteiger partial charge on any atom is 0.213 e. The Bertz CT molecular complexity index is 708. The molecule has 0 saturated heterocycles. The molecule has 2 aliphatic rings. The van der Waals surface area contributed by atoms with Crippen LogP contribution in [0.4, 0.5) is 0 Å². The predicted molar refractivity (Wildman–Crippen MR) is 100 cm³/mol. The van der Waals surface area contributed by atoms with Gasteiger partial charge in [0.15, 0.2) is 0 Å². The second kappa shape index (κ2) is 7.23. The molecule has 1 aliphatic carbocycles. The van der Waals surface area contributed by atoms with Crippen LogP contribution < -0.4 is 0 Å². The number of ether oxygens (including phenoxy) is 1. The Morgan fingerprint density at radius 1 is 1.12 bits per heavy atom. The van der Waals surface area contributed by atoms with Gasteiger partial charge < -0.3 is 4.74 Å². The highest BCUT2D eigenvalue weighted by atomic mass is 16.5. The van der Waals surface area contributed by atoms with E-state index in [0.29, 0.717) is 6.54 Å². The first kappa shape index (κ1) is 16.8. The molecule has 3 rings (SSSR count). The Labute approximate surface area is 145 Å². The van der Waals surface area contributed by atoms with Gasteiger partial charge in [-0.2, -0.15) is 0 Å². The van der Waals surface area contributed by atoms with E-state index < -0.39 is 0 Å². The minimum Gasteiger partial charge on any atom is -0.467 e. The standard InChI is InChI=1S/C22H27NO/c1-17-20(15-14-18-10-6-4-7-11-18)22(2,3)24-21(17)23-16-19-12-8-5-9-13-19/h5,8-9,12-13,15H,4,6-7,10-11,16H2,1-3H3. The number of rotatable bonds is 3. The van der Waals surface area contributed by atoms with E-state index in [1.54, 1.807) is 0 Å². The van der Waals surface area contributed by atoms with E-state index in [2.05, 4.69) is 44.7 Å². The van der Waals surface area contributed by atoms with Crippen molar-refractivity contribution in [2.24, 2.45) is 4.99 Å². The molecular formula is C22H27NO. The van der Waals surface area contributed by atoms with Gasteiger partial charge in [0.05, 0.1) is 6.54 Å². The zero-order valence-electron chi connectivity index (χ0n) is 15.1. The van der Waals surface area contributed by atoms with E-state index in [0.717, 1.165) is 11.5 Å². The third-order valence-electron chi connectivity index (χ3n) is 4.85. The molecule has 1 aromatic carbocycles. The first-order valence-electron chi connectivity index (χ1n) is 9.00. The molecule has 2 nitrogen and oxygen atoms in total. The summed E-state index contributed by atoms with van der Waals surface area (Å²) in [6.07, 6.45) is 8.49. The van der Waals surface area contributed by atoms with Crippen LogP contribution in [0.1, 0.15) is 58.4 Å². The fourth-order valence-corrected chi connectivity index (χ4v) is 3.42. The number of hydrogen-bond acceptors (Lipinski definition) is 2. The van der Waals surface area contributed by atoms with Crippen molar-refractivity contribution in [2.45, 2.75) is 65.0 Å². The molecule has 0 bridgehead atoms. The molecule has 1 fully saturated rings. The van der Waals surface area contributed by atoms with Gasteiger partial charge in [-0.25, -0.2) is 4.99 Å². The summed E-state index contributed by atoms with van der Waals surface area (Å²) in [6, 6.07) is 10.3. The van der Waals surface area contributed by atoms with Gasteiger partial charge in [0.2, 0.25) is 5.90 Å². The SMILES string of the molecule is CC1=C(C=C=C2CCCCC2)C(C)(C)OC1=NCc1ccccc1. The Kier molecular flexibility index (Phi) is 5.06. The average Bonchev–Trinajstić information content (AvgIpc) is 2.82. The Hall–Kier alpha value is -2.05. The Morgan fingerprint density at radius 2 is 1.83 bits per heavy atom. The van der Waals surface area contributed by atoms with E-state index in [-0.39, 0.29) is 5.60 Å². The lowest BCUT2D eigenvalue weighted by atomic mass is 9.93. The van der Waals surface area contributed by atoms with Crippen LogP contribution >= 0.6 is 0 Å². The van der Waals surface area contributed by atoms with Crippen molar-refractivity contribution in [3.63, 3.8) is 0 Å². The van der Waals surface area contributed by atoms with Crippen molar-refractivity contribution in [1.82, 2.24) is 0 Å². The summed E-state index contributed by atoms with van der Waals surface area (Å²) in [7, 11) is 0. The number of benzene rings is 1. The van der Waals surface area contributed by atoms with Crippen molar-refractivity contribution < 1.29 is 4.74 Å². The molecule has 1 saturated carbocycles. The largest absolute Gasteiger partial charge is 0.467 e. The Balaban J connectivity index is 1.83.